The minimum Gasteiger partial charge on any atom is -0.466 e. The molecular weight excluding hydrogens is 201 g/mol. The van der Waals surface area contributed by atoms with Gasteiger partial charge >= 0.3 is 35.5 Å². The first kappa shape index (κ1) is 12.8. The van der Waals surface area contributed by atoms with Crippen LogP contribution in [0.4, 0.5) is 0 Å². The van der Waals surface area contributed by atoms with E-state index >= 15 is 0 Å². The Kier molecular flexibility index (Phi) is 6.23. The molecule has 1 aromatic heterocycles. The zero-order valence-electron chi connectivity index (χ0n) is 7.59. The fraction of sp³-hybridized carbons (Fsp3) is 0.500. The molecule has 0 radical (unpaired) electrons. The van der Waals surface area contributed by atoms with Crippen molar-refractivity contribution in [3.05, 3.63) is 10.6 Å². The molecule has 0 fully saturated rings. The van der Waals surface area contributed by atoms with Crippen molar-refractivity contribution in [2.24, 2.45) is 0 Å². The van der Waals surface area contributed by atoms with E-state index in [0.717, 1.165) is 0 Å². The Morgan fingerprint density at radius 2 is 2.31 bits per heavy atom. The molecule has 0 saturated carbocycles. The number of hydrogen-bond acceptors (Lipinski definition) is 4. The van der Waals surface area contributed by atoms with Crippen molar-refractivity contribution in [3.8, 4) is 0 Å². The van der Waals surface area contributed by atoms with Crippen LogP contribution in [0.1, 0.15) is 12.7 Å². The number of nitrogens with one attached hydrogen (secondary N) is 2. The van der Waals surface area contributed by atoms with Gasteiger partial charge in [-0.3, -0.25) is 15.0 Å². The first-order chi connectivity index (χ1) is 5.72. The van der Waals surface area contributed by atoms with Crippen molar-refractivity contribution in [2.45, 2.75) is 13.3 Å². The number of rotatable bonds is 3. The number of ether oxygens (including phenoxy) is 1. The van der Waals surface area contributed by atoms with Crippen molar-refractivity contribution < 1.29 is 39.1 Å². The quantitative estimate of drug-likeness (QED) is 0.331. The van der Waals surface area contributed by atoms with E-state index in [1.165, 1.54) is 0 Å². The van der Waals surface area contributed by atoms with Crippen LogP contribution in [0.25, 0.3) is 0 Å². The molecule has 0 saturated heterocycles. The molecule has 0 bridgehead atoms. The van der Waals surface area contributed by atoms with Crippen molar-refractivity contribution in [1.82, 2.24) is 15.2 Å². The van der Waals surface area contributed by atoms with Crippen molar-refractivity contribution in [1.29, 1.82) is 0 Å². The number of carbonyl (C=O) groups excluding carboxylic acids is 1. The molecule has 0 spiro atoms. The topological polar surface area (TPSA) is 70.8 Å². The van der Waals surface area contributed by atoms with Gasteiger partial charge in [0.2, 0.25) is 4.77 Å². The Morgan fingerprint density at radius 3 is 2.77 bits per heavy atom. The minimum absolute atomic E-state index is 0. The SMILES string of the molecule is CCOC(=O)Cc1nc(=S)[nH][nH]1.[Na+]. The zero-order valence-corrected chi connectivity index (χ0v) is 10.4. The van der Waals surface area contributed by atoms with E-state index in [9.17, 15) is 4.79 Å². The van der Waals surface area contributed by atoms with Gasteiger partial charge in [0.25, 0.3) is 0 Å². The van der Waals surface area contributed by atoms with Gasteiger partial charge < -0.3 is 4.74 Å². The molecule has 1 heterocycles. The summed E-state index contributed by atoms with van der Waals surface area (Å²) in [5.41, 5.74) is 0. The molecule has 0 aliphatic carbocycles. The Morgan fingerprint density at radius 1 is 1.62 bits per heavy atom. The van der Waals surface area contributed by atoms with Crippen molar-refractivity contribution >= 4 is 18.2 Å². The molecule has 0 aliphatic heterocycles. The van der Waals surface area contributed by atoms with E-state index in [-0.39, 0.29) is 41.9 Å². The number of esters is 1. The molecule has 0 unspecified atom stereocenters. The van der Waals surface area contributed by atoms with Crippen LogP contribution in [0.2, 0.25) is 0 Å². The molecule has 0 amide bonds. The van der Waals surface area contributed by atoms with Gasteiger partial charge in [0, 0.05) is 0 Å². The summed E-state index contributed by atoms with van der Waals surface area (Å²) in [6.45, 7) is 2.13. The van der Waals surface area contributed by atoms with Gasteiger partial charge in [-0.1, -0.05) is 0 Å². The fourth-order valence-electron chi connectivity index (χ4n) is 0.737. The molecule has 1 rings (SSSR count). The number of aromatic amines is 2. The number of nitrogens with zero attached hydrogens (tertiary/aromatic N) is 1. The second kappa shape index (κ2) is 6.31. The molecule has 0 aliphatic rings. The predicted molar refractivity (Wildman–Crippen MR) is 44.1 cm³/mol. The van der Waals surface area contributed by atoms with Crippen LogP contribution in [0.5, 0.6) is 0 Å². The van der Waals surface area contributed by atoms with Crippen LogP contribution in [-0.2, 0) is 16.0 Å². The van der Waals surface area contributed by atoms with Crippen molar-refractivity contribution in [2.75, 3.05) is 6.61 Å². The van der Waals surface area contributed by atoms with E-state index in [2.05, 4.69) is 15.2 Å². The minimum atomic E-state index is -0.310. The maximum Gasteiger partial charge on any atom is 1.00 e. The summed E-state index contributed by atoms with van der Waals surface area (Å²) >= 11 is 4.70. The summed E-state index contributed by atoms with van der Waals surface area (Å²) in [5, 5.41) is 5.24. The standard InChI is InChI=1S/C6H9N3O2S.Na/c1-2-11-5(10)3-4-7-6(12)9-8-4;/h2-3H2,1H3,(H2,7,8,9,12);/q;+1. The second-order valence-electron chi connectivity index (χ2n) is 2.10. The van der Waals surface area contributed by atoms with Gasteiger partial charge in [0.1, 0.15) is 12.2 Å². The number of aromatic nitrogens is 3. The maximum atomic E-state index is 10.9. The van der Waals surface area contributed by atoms with E-state index in [1.807, 2.05) is 0 Å². The normalized spacial score (nSPS) is 9.00. The smallest absolute Gasteiger partial charge is 0.466 e. The average Bonchev–Trinajstić information content (AvgIpc) is 2.36. The first-order valence-electron chi connectivity index (χ1n) is 3.51. The molecule has 2 N–H and O–H groups in total. The van der Waals surface area contributed by atoms with E-state index in [1.54, 1.807) is 6.92 Å². The predicted octanol–water partition coefficient (Wildman–Crippen LogP) is -2.42. The van der Waals surface area contributed by atoms with E-state index in [0.29, 0.717) is 17.2 Å². The van der Waals surface area contributed by atoms with Crippen molar-refractivity contribution in [3.63, 3.8) is 0 Å². The van der Waals surface area contributed by atoms with Crippen LogP contribution in [0.3, 0.4) is 0 Å². The maximum absolute atomic E-state index is 10.9. The van der Waals surface area contributed by atoms with Crippen LogP contribution in [0, 0.1) is 4.77 Å². The van der Waals surface area contributed by atoms with Crippen LogP contribution in [-0.4, -0.2) is 27.8 Å². The molecule has 7 heteroatoms. The van der Waals surface area contributed by atoms with Gasteiger partial charge in [0.05, 0.1) is 6.61 Å². The third kappa shape index (κ3) is 4.56. The van der Waals surface area contributed by atoms with Gasteiger partial charge in [-0.05, 0) is 19.1 Å². The molecule has 0 atom stereocenters. The summed E-state index contributed by atoms with van der Waals surface area (Å²) in [5.74, 6) is 0.189. The van der Waals surface area contributed by atoms with Gasteiger partial charge in [-0.25, -0.2) is 4.98 Å². The third-order valence-electron chi connectivity index (χ3n) is 1.17. The Labute approximate surface area is 103 Å². The van der Waals surface area contributed by atoms with Crippen LogP contribution >= 0.6 is 12.2 Å². The molecule has 13 heavy (non-hydrogen) atoms. The molecule has 66 valence electrons. The number of H-pyrrole nitrogens is 2. The number of hydrogen-bond donors (Lipinski definition) is 2. The third-order valence-corrected chi connectivity index (χ3v) is 1.36. The Balaban J connectivity index is 0.00000144. The summed E-state index contributed by atoms with van der Waals surface area (Å²) in [7, 11) is 0. The van der Waals surface area contributed by atoms with Gasteiger partial charge in [-0.15, -0.1) is 0 Å². The van der Waals surface area contributed by atoms with Gasteiger partial charge in [0.15, 0.2) is 0 Å². The molecule has 1 aromatic rings. The first-order valence-corrected chi connectivity index (χ1v) is 3.92. The zero-order chi connectivity index (χ0) is 8.97. The number of carbonyl (C=O) groups is 1. The van der Waals surface area contributed by atoms with E-state index in [4.69, 9.17) is 17.0 Å². The fourth-order valence-corrected chi connectivity index (χ4v) is 0.898. The summed E-state index contributed by atoms with van der Waals surface area (Å²) in [6.07, 6.45) is 0.126. The molecule has 5 nitrogen and oxygen atoms in total. The van der Waals surface area contributed by atoms with Crippen LogP contribution < -0.4 is 29.6 Å². The second-order valence-corrected chi connectivity index (χ2v) is 2.48. The molecule has 0 aromatic carbocycles. The average molecular weight is 210 g/mol. The van der Waals surface area contributed by atoms with Gasteiger partial charge in [-0.2, -0.15) is 0 Å². The van der Waals surface area contributed by atoms with E-state index < -0.39 is 0 Å². The largest absolute Gasteiger partial charge is 1.00 e. The summed E-state index contributed by atoms with van der Waals surface area (Å²) in [4.78, 5) is 14.7. The Bertz CT molecular complexity index is 322. The van der Waals surface area contributed by atoms with Crippen LogP contribution in [0.15, 0.2) is 0 Å². The summed E-state index contributed by atoms with van der Waals surface area (Å²) < 4.78 is 5.05. The Hall–Kier alpha value is -0.170. The molecular formula is C6H9N3NaO2S+. The monoisotopic (exact) mass is 210 g/mol. The summed E-state index contributed by atoms with van der Waals surface area (Å²) in [6, 6.07) is 0.